The Bertz CT molecular complexity index is 727. The van der Waals surface area contributed by atoms with Crippen LogP contribution in [0.2, 0.25) is 10.3 Å². The van der Waals surface area contributed by atoms with E-state index < -0.39 is 0 Å². The molecule has 0 spiro atoms. The van der Waals surface area contributed by atoms with E-state index in [0.29, 0.717) is 10.8 Å². The van der Waals surface area contributed by atoms with Crippen molar-refractivity contribution in [1.82, 2.24) is 19.9 Å². The minimum atomic E-state index is 0.132. The quantitative estimate of drug-likeness (QED) is 0.720. The van der Waals surface area contributed by atoms with Crippen LogP contribution in [0.1, 0.15) is 0 Å². The third-order valence-electron chi connectivity index (χ3n) is 2.65. The number of anilines is 2. The molecular weight excluding hydrogens is 297 g/mol. The lowest BCUT2D eigenvalue weighted by Crippen LogP contribution is -1.98. The predicted octanol–water partition coefficient (Wildman–Crippen LogP) is 3.92. The lowest BCUT2D eigenvalue weighted by atomic mass is 10.1. The van der Waals surface area contributed by atoms with Gasteiger partial charge in [0.1, 0.15) is 10.8 Å². The Morgan fingerprint density at radius 3 is 2.75 bits per heavy atom. The van der Waals surface area contributed by atoms with Gasteiger partial charge in [-0.1, -0.05) is 23.7 Å². The highest BCUT2D eigenvalue weighted by atomic mass is 35.5. The monoisotopic (exact) mass is 305 g/mol. The van der Waals surface area contributed by atoms with Gasteiger partial charge in [0.05, 0.1) is 11.9 Å². The van der Waals surface area contributed by atoms with E-state index in [0.717, 1.165) is 17.1 Å². The van der Waals surface area contributed by atoms with Crippen LogP contribution in [0.5, 0.6) is 0 Å². The molecule has 0 saturated heterocycles. The summed E-state index contributed by atoms with van der Waals surface area (Å²) < 4.78 is 0. The summed E-state index contributed by atoms with van der Waals surface area (Å²) in [6, 6.07) is 7.69. The standard InChI is InChI=1S/C13H9Cl2N5/c14-9-7-18-13(15)20-12(9)19-10-4-2-1-3-8(10)11-16-5-6-17-11/h1-7H,(H,16,17)(H,18,19,20). The Labute approximate surface area is 125 Å². The van der Waals surface area contributed by atoms with Crippen molar-refractivity contribution in [2.24, 2.45) is 0 Å². The average Bonchev–Trinajstić information content (AvgIpc) is 2.97. The molecule has 0 saturated carbocycles. The molecule has 0 aliphatic carbocycles. The van der Waals surface area contributed by atoms with Crippen molar-refractivity contribution < 1.29 is 0 Å². The SMILES string of the molecule is Clc1ncc(Cl)c(Nc2ccccc2-c2ncc[nH]2)n1. The lowest BCUT2D eigenvalue weighted by molar-refractivity contribution is 1.17. The summed E-state index contributed by atoms with van der Waals surface area (Å²) in [6.45, 7) is 0. The van der Waals surface area contributed by atoms with Gasteiger partial charge in [0.25, 0.3) is 0 Å². The Morgan fingerprint density at radius 2 is 1.95 bits per heavy atom. The van der Waals surface area contributed by atoms with Crippen molar-refractivity contribution in [2.45, 2.75) is 0 Å². The Morgan fingerprint density at radius 1 is 1.10 bits per heavy atom. The summed E-state index contributed by atoms with van der Waals surface area (Å²) in [7, 11) is 0. The molecule has 0 aliphatic rings. The summed E-state index contributed by atoms with van der Waals surface area (Å²) in [6.07, 6.45) is 4.91. The summed E-state index contributed by atoms with van der Waals surface area (Å²) in [5, 5.41) is 3.67. The maximum Gasteiger partial charge on any atom is 0.224 e. The van der Waals surface area contributed by atoms with E-state index >= 15 is 0 Å². The zero-order valence-corrected chi connectivity index (χ0v) is 11.7. The van der Waals surface area contributed by atoms with Crippen LogP contribution < -0.4 is 5.32 Å². The largest absolute Gasteiger partial charge is 0.345 e. The van der Waals surface area contributed by atoms with Gasteiger partial charge in [-0.15, -0.1) is 0 Å². The van der Waals surface area contributed by atoms with E-state index in [1.165, 1.54) is 6.20 Å². The van der Waals surface area contributed by atoms with E-state index in [9.17, 15) is 0 Å². The van der Waals surface area contributed by atoms with Crippen LogP contribution in [0, 0.1) is 0 Å². The average molecular weight is 306 g/mol. The van der Waals surface area contributed by atoms with E-state index in [4.69, 9.17) is 23.2 Å². The van der Waals surface area contributed by atoms with E-state index in [2.05, 4.69) is 25.3 Å². The number of hydrogen-bond donors (Lipinski definition) is 2. The molecule has 3 aromatic rings. The number of benzene rings is 1. The predicted molar refractivity (Wildman–Crippen MR) is 79.4 cm³/mol. The number of para-hydroxylation sites is 1. The first-order valence-corrected chi connectivity index (χ1v) is 6.53. The van der Waals surface area contributed by atoms with Crippen molar-refractivity contribution in [3.8, 4) is 11.4 Å². The van der Waals surface area contributed by atoms with Gasteiger partial charge in [-0.2, -0.15) is 4.98 Å². The molecule has 2 N–H and O–H groups in total. The molecule has 0 unspecified atom stereocenters. The fourth-order valence-electron chi connectivity index (χ4n) is 1.77. The Kier molecular flexibility index (Phi) is 3.54. The number of nitrogens with one attached hydrogen (secondary N) is 2. The molecule has 2 heterocycles. The second-order valence-electron chi connectivity index (χ2n) is 3.94. The third kappa shape index (κ3) is 2.59. The second-order valence-corrected chi connectivity index (χ2v) is 4.69. The minimum Gasteiger partial charge on any atom is -0.345 e. The highest BCUT2D eigenvalue weighted by Crippen LogP contribution is 2.30. The van der Waals surface area contributed by atoms with Crippen LogP contribution in [-0.2, 0) is 0 Å². The van der Waals surface area contributed by atoms with Gasteiger partial charge >= 0.3 is 0 Å². The first kappa shape index (κ1) is 12.9. The number of nitrogens with zero attached hydrogens (tertiary/aromatic N) is 3. The first-order chi connectivity index (χ1) is 9.74. The zero-order valence-electron chi connectivity index (χ0n) is 10.1. The smallest absolute Gasteiger partial charge is 0.224 e. The second kappa shape index (κ2) is 5.48. The molecule has 7 heteroatoms. The molecular formula is C13H9Cl2N5. The van der Waals surface area contributed by atoms with Gasteiger partial charge in [0.15, 0.2) is 5.82 Å². The van der Waals surface area contributed by atoms with Crippen molar-refractivity contribution in [2.75, 3.05) is 5.32 Å². The molecule has 0 amide bonds. The van der Waals surface area contributed by atoms with E-state index in [1.54, 1.807) is 12.4 Å². The minimum absolute atomic E-state index is 0.132. The highest BCUT2D eigenvalue weighted by Gasteiger charge is 2.10. The van der Waals surface area contributed by atoms with Crippen LogP contribution in [0.15, 0.2) is 42.9 Å². The molecule has 3 rings (SSSR count). The van der Waals surface area contributed by atoms with Gasteiger partial charge in [-0.25, -0.2) is 9.97 Å². The summed E-state index contributed by atoms with van der Waals surface area (Å²) >= 11 is 11.8. The van der Waals surface area contributed by atoms with Crippen molar-refractivity contribution in [3.05, 3.63) is 53.2 Å². The maximum atomic E-state index is 6.05. The molecule has 0 aliphatic heterocycles. The molecule has 100 valence electrons. The van der Waals surface area contributed by atoms with Gasteiger partial charge < -0.3 is 10.3 Å². The van der Waals surface area contributed by atoms with Crippen LogP contribution in [0.4, 0.5) is 11.5 Å². The van der Waals surface area contributed by atoms with Gasteiger partial charge in [0, 0.05) is 18.0 Å². The molecule has 0 bridgehead atoms. The molecule has 0 fully saturated rings. The molecule has 0 radical (unpaired) electrons. The number of imidazole rings is 1. The Balaban J connectivity index is 2.01. The summed E-state index contributed by atoms with van der Waals surface area (Å²) in [4.78, 5) is 15.2. The van der Waals surface area contributed by atoms with Gasteiger partial charge in [0.2, 0.25) is 5.28 Å². The molecule has 20 heavy (non-hydrogen) atoms. The lowest BCUT2D eigenvalue weighted by Gasteiger charge is -2.10. The number of aromatic nitrogens is 4. The van der Waals surface area contributed by atoms with Gasteiger partial charge in [-0.05, 0) is 23.7 Å². The number of rotatable bonds is 3. The zero-order chi connectivity index (χ0) is 13.9. The Hall–Kier alpha value is -2.11. The highest BCUT2D eigenvalue weighted by molar-refractivity contribution is 6.33. The van der Waals surface area contributed by atoms with E-state index in [1.807, 2.05) is 24.3 Å². The van der Waals surface area contributed by atoms with Crippen molar-refractivity contribution >= 4 is 34.7 Å². The molecule has 1 aromatic carbocycles. The van der Waals surface area contributed by atoms with Crippen LogP contribution in [-0.4, -0.2) is 19.9 Å². The van der Waals surface area contributed by atoms with Gasteiger partial charge in [-0.3, -0.25) is 0 Å². The summed E-state index contributed by atoms with van der Waals surface area (Å²) in [5.41, 5.74) is 1.72. The normalized spacial score (nSPS) is 10.5. The van der Waals surface area contributed by atoms with Crippen molar-refractivity contribution in [1.29, 1.82) is 0 Å². The molecule has 2 aromatic heterocycles. The number of aromatic amines is 1. The fourth-order valence-corrected chi connectivity index (χ4v) is 2.04. The fraction of sp³-hybridized carbons (Fsp3) is 0. The van der Waals surface area contributed by atoms with Crippen LogP contribution in [0.25, 0.3) is 11.4 Å². The van der Waals surface area contributed by atoms with Crippen LogP contribution in [0.3, 0.4) is 0 Å². The molecule has 0 atom stereocenters. The van der Waals surface area contributed by atoms with Crippen molar-refractivity contribution in [3.63, 3.8) is 0 Å². The third-order valence-corrected chi connectivity index (χ3v) is 3.11. The van der Waals surface area contributed by atoms with Crippen LogP contribution >= 0.6 is 23.2 Å². The maximum absolute atomic E-state index is 6.05. The number of halogens is 2. The molecule has 5 nitrogen and oxygen atoms in total. The topological polar surface area (TPSA) is 66.5 Å². The summed E-state index contributed by atoms with van der Waals surface area (Å²) in [5.74, 6) is 1.20. The first-order valence-electron chi connectivity index (χ1n) is 5.78. The van der Waals surface area contributed by atoms with E-state index in [-0.39, 0.29) is 5.28 Å². The number of H-pyrrole nitrogens is 1. The number of hydrogen-bond acceptors (Lipinski definition) is 4.